The van der Waals surface area contributed by atoms with Gasteiger partial charge in [-0.1, -0.05) is 36.1 Å². The van der Waals surface area contributed by atoms with E-state index in [2.05, 4.69) is 16.7 Å². The number of methoxy groups -OCH3 is 1. The Morgan fingerprint density at radius 3 is 2.55 bits per heavy atom. The largest absolute Gasteiger partial charge is 0.395 e. The molecule has 0 spiro atoms. The third-order valence-corrected chi connectivity index (χ3v) is 8.43. The lowest BCUT2D eigenvalue weighted by atomic mass is 9.74. The highest BCUT2D eigenvalue weighted by molar-refractivity contribution is 7.89. The van der Waals surface area contributed by atoms with Crippen molar-refractivity contribution in [3.63, 3.8) is 0 Å². The molecule has 2 fully saturated rings. The van der Waals surface area contributed by atoms with Crippen LogP contribution in [0.1, 0.15) is 29.9 Å². The van der Waals surface area contributed by atoms with Gasteiger partial charge in [0.25, 0.3) is 0 Å². The Bertz CT molecular complexity index is 1130. The van der Waals surface area contributed by atoms with E-state index in [1.54, 1.807) is 7.11 Å². The number of benzene rings is 2. The summed E-state index contributed by atoms with van der Waals surface area (Å²) >= 11 is 0. The Kier molecular flexibility index (Phi) is 7.47. The Morgan fingerprint density at radius 2 is 1.85 bits per heavy atom. The summed E-state index contributed by atoms with van der Waals surface area (Å²) in [4.78, 5) is 1.91. The minimum absolute atomic E-state index is 0.00335. The van der Waals surface area contributed by atoms with Crippen LogP contribution >= 0.6 is 0 Å². The van der Waals surface area contributed by atoms with Crippen LogP contribution in [0.2, 0.25) is 0 Å². The molecule has 0 amide bonds. The lowest BCUT2D eigenvalue weighted by Gasteiger charge is -2.57. The van der Waals surface area contributed by atoms with Gasteiger partial charge < -0.3 is 9.84 Å². The first-order valence-electron chi connectivity index (χ1n) is 11.2. The Hall–Kier alpha value is -2.28. The molecule has 0 unspecified atom stereocenters. The molecule has 0 saturated carbocycles. The van der Waals surface area contributed by atoms with Crippen molar-refractivity contribution in [1.29, 1.82) is 0 Å². The minimum Gasteiger partial charge on any atom is -0.395 e. The second-order valence-corrected chi connectivity index (χ2v) is 10.3. The SMILES string of the molecule is COCC#Cc1ccc([C@H]2[C@H](CO)N3CCCCN(S(=O)(=O)c4ccccc4F)C[C@@H]23)cc1. The van der Waals surface area contributed by atoms with Crippen molar-refractivity contribution in [2.24, 2.45) is 0 Å². The fourth-order valence-corrected chi connectivity index (χ4v) is 6.48. The number of nitrogens with zero attached hydrogens (tertiary/aromatic N) is 2. The fraction of sp³-hybridized carbons (Fsp3) is 0.440. The Morgan fingerprint density at radius 1 is 1.12 bits per heavy atom. The third kappa shape index (κ3) is 4.84. The van der Waals surface area contributed by atoms with Crippen LogP contribution in [0.25, 0.3) is 0 Å². The number of sulfonamides is 1. The van der Waals surface area contributed by atoms with Crippen molar-refractivity contribution in [2.75, 3.05) is 40.0 Å². The summed E-state index contributed by atoms with van der Waals surface area (Å²) in [6, 6.07) is 13.2. The topological polar surface area (TPSA) is 70.1 Å². The summed E-state index contributed by atoms with van der Waals surface area (Å²) in [5.41, 5.74) is 1.91. The van der Waals surface area contributed by atoms with Crippen LogP contribution in [-0.2, 0) is 14.8 Å². The quantitative estimate of drug-likeness (QED) is 0.677. The summed E-state index contributed by atoms with van der Waals surface area (Å²) < 4.78 is 47.3. The zero-order valence-electron chi connectivity index (χ0n) is 18.7. The van der Waals surface area contributed by atoms with Crippen molar-refractivity contribution in [3.05, 3.63) is 65.5 Å². The lowest BCUT2D eigenvalue weighted by molar-refractivity contribution is -0.0554. The zero-order chi connectivity index (χ0) is 23.4. The molecule has 6 nitrogen and oxygen atoms in total. The van der Waals surface area contributed by atoms with E-state index in [0.717, 1.165) is 24.1 Å². The second-order valence-electron chi connectivity index (χ2n) is 8.44. The highest BCUT2D eigenvalue weighted by Crippen LogP contribution is 2.42. The number of aliphatic hydroxyl groups excluding tert-OH is 1. The van der Waals surface area contributed by atoms with E-state index in [1.807, 2.05) is 24.3 Å². The smallest absolute Gasteiger partial charge is 0.246 e. The van der Waals surface area contributed by atoms with Crippen LogP contribution in [0.3, 0.4) is 0 Å². The maximum Gasteiger partial charge on any atom is 0.246 e. The maximum atomic E-state index is 14.3. The van der Waals surface area contributed by atoms with E-state index >= 15 is 0 Å². The second kappa shape index (κ2) is 10.3. The molecule has 2 heterocycles. The molecule has 2 aromatic rings. The molecule has 0 aliphatic carbocycles. The number of aliphatic hydroxyl groups is 1. The highest BCUT2D eigenvalue weighted by Gasteiger charge is 2.50. The van der Waals surface area contributed by atoms with E-state index in [-0.39, 0.29) is 36.0 Å². The Balaban J connectivity index is 1.60. The number of hydrogen-bond acceptors (Lipinski definition) is 5. The molecule has 2 aliphatic rings. The van der Waals surface area contributed by atoms with Crippen molar-refractivity contribution in [2.45, 2.75) is 35.7 Å². The molecule has 1 N–H and O–H groups in total. The molecule has 3 atom stereocenters. The van der Waals surface area contributed by atoms with Crippen molar-refractivity contribution in [3.8, 4) is 11.8 Å². The molecule has 0 radical (unpaired) electrons. The molecule has 8 heteroatoms. The monoisotopic (exact) mass is 472 g/mol. The maximum absolute atomic E-state index is 14.3. The van der Waals surface area contributed by atoms with Gasteiger partial charge in [0.2, 0.25) is 10.0 Å². The van der Waals surface area contributed by atoms with Gasteiger partial charge in [-0.05, 0) is 49.2 Å². The third-order valence-electron chi connectivity index (χ3n) is 6.53. The van der Waals surface area contributed by atoms with E-state index in [0.29, 0.717) is 19.6 Å². The molecule has 2 aromatic carbocycles. The lowest BCUT2D eigenvalue weighted by Crippen LogP contribution is -2.67. The molecule has 176 valence electrons. The van der Waals surface area contributed by atoms with Gasteiger partial charge in [-0.25, -0.2) is 12.8 Å². The van der Waals surface area contributed by atoms with Crippen LogP contribution < -0.4 is 0 Å². The van der Waals surface area contributed by atoms with Crippen LogP contribution in [0, 0.1) is 17.7 Å². The average Bonchev–Trinajstić information content (AvgIpc) is 2.79. The van der Waals surface area contributed by atoms with Gasteiger partial charge in [0.05, 0.1) is 6.61 Å². The summed E-state index contributed by atoms with van der Waals surface area (Å²) in [6.45, 7) is 1.77. The number of rotatable bonds is 5. The van der Waals surface area contributed by atoms with Gasteiger partial charge >= 0.3 is 0 Å². The van der Waals surface area contributed by atoms with Crippen molar-refractivity contribution < 1.29 is 22.7 Å². The van der Waals surface area contributed by atoms with Gasteiger partial charge in [0.1, 0.15) is 17.3 Å². The van der Waals surface area contributed by atoms with Crippen LogP contribution in [-0.4, -0.2) is 74.8 Å². The molecular weight excluding hydrogens is 443 g/mol. The van der Waals surface area contributed by atoms with E-state index in [1.165, 1.54) is 28.6 Å². The summed E-state index contributed by atoms with van der Waals surface area (Å²) in [6.07, 6.45) is 1.51. The van der Waals surface area contributed by atoms with Crippen LogP contribution in [0.4, 0.5) is 4.39 Å². The van der Waals surface area contributed by atoms with Gasteiger partial charge in [0.15, 0.2) is 0 Å². The van der Waals surface area contributed by atoms with Gasteiger partial charge in [-0.3, -0.25) is 4.90 Å². The van der Waals surface area contributed by atoms with Gasteiger partial charge in [0, 0.05) is 43.8 Å². The predicted octanol–water partition coefficient (Wildman–Crippen LogP) is 2.44. The van der Waals surface area contributed by atoms with Crippen molar-refractivity contribution in [1.82, 2.24) is 9.21 Å². The summed E-state index contributed by atoms with van der Waals surface area (Å²) in [5, 5.41) is 10.1. The Labute approximate surface area is 195 Å². The first kappa shape index (κ1) is 23.9. The number of ether oxygens (including phenoxy) is 1. The molecule has 0 bridgehead atoms. The molecule has 33 heavy (non-hydrogen) atoms. The number of hydrogen-bond donors (Lipinski definition) is 1. The van der Waals surface area contributed by atoms with Crippen LogP contribution in [0.15, 0.2) is 53.4 Å². The van der Waals surface area contributed by atoms with E-state index < -0.39 is 15.8 Å². The molecule has 0 aromatic heterocycles. The van der Waals surface area contributed by atoms with Gasteiger partial charge in [-0.15, -0.1) is 0 Å². The molecular formula is C25H29FN2O4S. The van der Waals surface area contributed by atoms with Crippen molar-refractivity contribution >= 4 is 10.0 Å². The molecule has 2 saturated heterocycles. The first-order chi connectivity index (χ1) is 16.0. The van der Waals surface area contributed by atoms with E-state index in [9.17, 15) is 17.9 Å². The van der Waals surface area contributed by atoms with Crippen LogP contribution in [0.5, 0.6) is 0 Å². The minimum atomic E-state index is -3.97. The normalized spacial score (nSPS) is 24.0. The summed E-state index contributed by atoms with van der Waals surface area (Å²) in [5.74, 6) is 5.21. The molecule has 2 aliphatic heterocycles. The standard InChI is InChI=1S/C25H29FN2O4S/c1-32-16-6-7-19-10-12-20(13-11-19)25-22-17-27(14-4-5-15-28(22)23(25)18-29)33(30,31)24-9-3-2-8-21(24)26/h2-3,8-13,22-23,25,29H,4-5,14-18H2,1H3/t22-,23-,25+/m0/s1. The number of halogens is 1. The van der Waals surface area contributed by atoms with E-state index in [4.69, 9.17) is 4.74 Å². The van der Waals surface area contributed by atoms with Gasteiger partial charge in [-0.2, -0.15) is 4.31 Å². The average molecular weight is 473 g/mol. The fourth-order valence-electron chi connectivity index (χ4n) is 4.92. The molecule has 4 rings (SSSR count). The first-order valence-corrected chi connectivity index (χ1v) is 12.6. The summed E-state index contributed by atoms with van der Waals surface area (Å²) in [7, 11) is -2.37. The highest BCUT2D eigenvalue weighted by atomic mass is 32.2. The number of fused-ring (bicyclic) bond motifs is 1. The zero-order valence-corrected chi connectivity index (χ0v) is 19.5. The predicted molar refractivity (Wildman–Crippen MR) is 124 cm³/mol.